The SMILES string of the molecule is Cc1cc(N)cc(C)c1C(C)CC(N)=O. The first-order valence-electron chi connectivity index (χ1n) is 5.06. The Labute approximate surface area is 90.5 Å². The molecule has 15 heavy (non-hydrogen) atoms. The highest BCUT2D eigenvalue weighted by molar-refractivity contribution is 5.75. The number of anilines is 1. The molecule has 0 aliphatic heterocycles. The monoisotopic (exact) mass is 206 g/mol. The van der Waals surface area contributed by atoms with Crippen LogP contribution in [0.2, 0.25) is 0 Å². The molecule has 4 N–H and O–H groups in total. The van der Waals surface area contributed by atoms with Gasteiger partial charge in [-0.1, -0.05) is 6.92 Å². The van der Waals surface area contributed by atoms with Crippen LogP contribution in [-0.4, -0.2) is 5.91 Å². The number of hydrogen-bond donors (Lipinski definition) is 2. The maximum atomic E-state index is 10.9. The Balaban J connectivity index is 3.08. The van der Waals surface area contributed by atoms with Crippen LogP contribution in [0.1, 0.15) is 36.0 Å². The van der Waals surface area contributed by atoms with Crippen LogP contribution < -0.4 is 11.5 Å². The molecule has 0 aliphatic carbocycles. The number of nitrogens with two attached hydrogens (primary N) is 2. The van der Waals surface area contributed by atoms with Crippen molar-refractivity contribution in [2.75, 3.05) is 5.73 Å². The molecule has 1 unspecified atom stereocenters. The zero-order valence-electron chi connectivity index (χ0n) is 9.50. The third-order valence-corrected chi connectivity index (χ3v) is 2.62. The van der Waals surface area contributed by atoms with Gasteiger partial charge in [0.2, 0.25) is 5.91 Å². The first-order valence-corrected chi connectivity index (χ1v) is 5.06. The maximum absolute atomic E-state index is 10.9. The van der Waals surface area contributed by atoms with Crippen molar-refractivity contribution >= 4 is 11.6 Å². The lowest BCUT2D eigenvalue weighted by Gasteiger charge is -2.16. The van der Waals surface area contributed by atoms with Crippen molar-refractivity contribution in [1.82, 2.24) is 0 Å². The standard InChI is InChI=1S/C12H18N2O/c1-7-4-10(13)5-8(2)12(7)9(3)6-11(14)15/h4-5,9H,6,13H2,1-3H3,(H2,14,15). The number of carbonyl (C=O) groups is 1. The third-order valence-electron chi connectivity index (χ3n) is 2.62. The summed E-state index contributed by atoms with van der Waals surface area (Å²) in [6.07, 6.45) is 0.381. The number of carbonyl (C=O) groups excluding carboxylic acids is 1. The summed E-state index contributed by atoms with van der Waals surface area (Å²) in [6, 6.07) is 3.86. The lowest BCUT2D eigenvalue weighted by molar-refractivity contribution is -0.118. The molecule has 1 aromatic carbocycles. The quantitative estimate of drug-likeness (QED) is 0.741. The third kappa shape index (κ3) is 2.72. The molecule has 1 rings (SSSR count). The van der Waals surface area contributed by atoms with Gasteiger partial charge in [-0.2, -0.15) is 0 Å². The molecule has 0 saturated carbocycles. The Morgan fingerprint density at radius 1 is 1.33 bits per heavy atom. The van der Waals surface area contributed by atoms with Gasteiger partial charge in [0.1, 0.15) is 0 Å². The van der Waals surface area contributed by atoms with Crippen molar-refractivity contribution in [1.29, 1.82) is 0 Å². The molecule has 1 aromatic rings. The van der Waals surface area contributed by atoms with Gasteiger partial charge in [-0.05, 0) is 48.6 Å². The lowest BCUT2D eigenvalue weighted by Crippen LogP contribution is -2.15. The highest BCUT2D eigenvalue weighted by Crippen LogP contribution is 2.27. The van der Waals surface area contributed by atoms with Crippen molar-refractivity contribution in [2.24, 2.45) is 5.73 Å². The van der Waals surface area contributed by atoms with Crippen molar-refractivity contribution in [2.45, 2.75) is 33.1 Å². The predicted molar refractivity (Wildman–Crippen MR) is 62.6 cm³/mol. The van der Waals surface area contributed by atoms with Crippen molar-refractivity contribution in [3.63, 3.8) is 0 Å². The highest BCUT2D eigenvalue weighted by atomic mass is 16.1. The largest absolute Gasteiger partial charge is 0.399 e. The summed E-state index contributed by atoms with van der Waals surface area (Å²) in [7, 11) is 0. The zero-order chi connectivity index (χ0) is 11.6. The molecule has 0 fully saturated rings. The molecule has 0 aliphatic rings. The summed E-state index contributed by atoms with van der Waals surface area (Å²) in [4.78, 5) is 10.9. The molecule has 0 spiro atoms. The second kappa shape index (κ2) is 4.34. The van der Waals surface area contributed by atoms with Crippen LogP contribution in [0.3, 0.4) is 0 Å². The van der Waals surface area contributed by atoms with Crippen molar-refractivity contribution < 1.29 is 4.79 Å². The van der Waals surface area contributed by atoms with E-state index in [1.165, 1.54) is 5.56 Å². The van der Waals surface area contributed by atoms with Gasteiger partial charge in [0.05, 0.1) is 0 Å². The molecular weight excluding hydrogens is 188 g/mol. The fourth-order valence-electron chi connectivity index (χ4n) is 2.19. The van der Waals surface area contributed by atoms with Crippen LogP contribution in [-0.2, 0) is 4.79 Å². The molecule has 0 radical (unpaired) electrons. The number of rotatable bonds is 3. The van der Waals surface area contributed by atoms with E-state index in [-0.39, 0.29) is 11.8 Å². The van der Waals surface area contributed by atoms with E-state index < -0.39 is 0 Å². The smallest absolute Gasteiger partial charge is 0.218 e. The van der Waals surface area contributed by atoms with E-state index in [4.69, 9.17) is 11.5 Å². The summed E-state index contributed by atoms with van der Waals surface area (Å²) >= 11 is 0. The molecule has 3 nitrogen and oxygen atoms in total. The number of aryl methyl sites for hydroxylation is 2. The summed E-state index contributed by atoms with van der Waals surface area (Å²) in [5.74, 6) is -0.110. The van der Waals surface area contributed by atoms with E-state index >= 15 is 0 Å². The minimum absolute atomic E-state index is 0.156. The van der Waals surface area contributed by atoms with Crippen LogP contribution >= 0.6 is 0 Å². The summed E-state index contributed by atoms with van der Waals surface area (Å²) in [5.41, 5.74) is 15.1. The second-order valence-electron chi connectivity index (χ2n) is 4.14. The van der Waals surface area contributed by atoms with Gasteiger partial charge >= 0.3 is 0 Å². The minimum atomic E-state index is -0.266. The number of amides is 1. The van der Waals surface area contributed by atoms with E-state index in [1.807, 2.05) is 32.9 Å². The topological polar surface area (TPSA) is 69.1 Å². The zero-order valence-corrected chi connectivity index (χ0v) is 9.50. The van der Waals surface area contributed by atoms with E-state index in [9.17, 15) is 4.79 Å². The first kappa shape index (κ1) is 11.6. The van der Waals surface area contributed by atoms with Crippen LogP contribution in [0.5, 0.6) is 0 Å². The second-order valence-corrected chi connectivity index (χ2v) is 4.14. The van der Waals surface area contributed by atoms with Gasteiger partial charge in [0.25, 0.3) is 0 Å². The normalized spacial score (nSPS) is 12.5. The Morgan fingerprint density at radius 2 is 1.80 bits per heavy atom. The van der Waals surface area contributed by atoms with Crippen LogP contribution in [0.4, 0.5) is 5.69 Å². The average molecular weight is 206 g/mol. The Bertz CT molecular complexity index is 362. The number of benzene rings is 1. The maximum Gasteiger partial charge on any atom is 0.218 e. The van der Waals surface area contributed by atoms with E-state index in [1.54, 1.807) is 0 Å². The fourth-order valence-corrected chi connectivity index (χ4v) is 2.19. The van der Waals surface area contributed by atoms with Gasteiger partial charge in [-0.25, -0.2) is 0 Å². The van der Waals surface area contributed by atoms with Gasteiger partial charge in [-0.15, -0.1) is 0 Å². The number of hydrogen-bond acceptors (Lipinski definition) is 2. The molecule has 3 heteroatoms. The number of primary amides is 1. The van der Waals surface area contributed by atoms with Crippen LogP contribution in [0, 0.1) is 13.8 Å². The Kier molecular flexibility index (Phi) is 3.35. The van der Waals surface area contributed by atoms with Crippen molar-refractivity contribution in [3.05, 3.63) is 28.8 Å². The van der Waals surface area contributed by atoms with Crippen LogP contribution in [0.15, 0.2) is 12.1 Å². The van der Waals surface area contributed by atoms with Gasteiger partial charge in [-0.3, -0.25) is 4.79 Å². The Hall–Kier alpha value is -1.51. The van der Waals surface area contributed by atoms with E-state index in [2.05, 4.69) is 0 Å². The summed E-state index contributed by atoms with van der Waals surface area (Å²) in [5, 5.41) is 0. The molecule has 82 valence electrons. The molecule has 1 amide bonds. The molecule has 0 bridgehead atoms. The van der Waals surface area contributed by atoms with E-state index in [0.717, 1.165) is 16.8 Å². The summed E-state index contributed by atoms with van der Waals surface area (Å²) < 4.78 is 0. The van der Waals surface area contributed by atoms with Gasteiger partial charge in [0, 0.05) is 12.1 Å². The fraction of sp³-hybridized carbons (Fsp3) is 0.417. The molecular formula is C12H18N2O. The highest BCUT2D eigenvalue weighted by Gasteiger charge is 2.14. The van der Waals surface area contributed by atoms with E-state index in [0.29, 0.717) is 6.42 Å². The number of nitrogen functional groups attached to an aromatic ring is 1. The molecule has 1 atom stereocenters. The van der Waals surface area contributed by atoms with Crippen molar-refractivity contribution in [3.8, 4) is 0 Å². The lowest BCUT2D eigenvalue weighted by atomic mass is 9.89. The minimum Gasteiger partial charge on any atom is -0.399 e. The van der Waals surface area contributed by atoms with Crippen LogP contribution in [0.25, 0.3) is 0 Å². The predicted octanol–water partition coefficient (Wildman–Crippen LogP) is 1.86. The van der Waals surface area contributed by atoms with Gasteiger partial charge < -0.3 is 11.5 Å². The molecule has 0 aromatic heterocycles. The molecule has 0 heterocycles. The van der Waals surface area contributed by atoms with Gasteiger partial charge in [0.15, 0.2) is 0 Å². The Morgan fingerprint density at radius 3 is 2.20 bits per heavy atom. The first-order chi connectivity index (χ1) is 6.91. The molecule has 0 saturated heterocycles. The average Bonchev–Trinajstić information content (AvgIpc) is 1.99. The summed E-state index contributed by atoms with van der Waals surface area (Å²) in [6.45, 7) is 6.03.